The van der Waals surface area contributed by atoms with Gasteiger partial charge in [0.05, 0.1) is 12.0 Å². The van der Waals surface area contributed by atoms with Crippen molar-refractivity contribution in [3.63, 3.8) is 0 Å². The summed E-state index contributed by atoms with van der Waals surface area (Å²) in [4.78, 5) is 31.2. The predicted octanol–water partition coefficient (Wildman–Crippen LogP) is -1.15. The fraction of sp³-hybridized carbons (Fsp3) is 0.800. The van der Waals surface area contributed by atoms with Gasteiger partial charge in [0.1, 0.15) is 0 Å². The molecule has 0 atom stereocenters. The van der Waals surface area contributed by atoms with Crippen LogP contribution in [-0.2, 0) is 14.4 Å². The van der Waals surface area contributed by atoms with E-state index in [4.69, 9.17) is 5.84 Å². The fourth-order valence-corrected chi connectivity index (χ4v) is 1.99. The zero-order chi connectivity index (χ0) is 13.1. The van der Waals surface area contributed by atoms with E-state index >= 15 is 0 Å². The van der Waals surface area contributed by atoms with Gasteiger partial charge >= 0.3 is 5.97 Å². The van der Waals surface area contributed by atoms with Gasteiger partial charge in [0.25, 0.3) is 0 Å². The van der Waals surface area contributed by atoms with Crippen molar-refractivity contribution < 1.29 is 14.4 Å². The number of carbonyl (C=O) groups excluding carboxylic acids is 2. The van der Waals surface area contributed by atoms with E-state index in [1.807, 2.05) is 24.3 Å². The summed E-state index contributed by atoms with van der Waals surface area (Å²) in [5.74, 6) is 4.49. The Hall–Kier alpha value is -1.18. The molecule has 0 aliphatic carbocycles. The number of carbonyl (C=O) groups is 2. The maximum Gasteiger partial charge on any atom is 0.327 e. The van der Waals surface area contributed by atoms with E-state index in [1.165, 1.54) is 0 Å². The molecule has 1 fully saturated rings. The lowest BCUT2D eigenvalue weighted by atomic mass is 9.97. The Bertz CT molecular complexity index is 306. The molecule has 0 spiro atoms. The molecule has 0 aromatic heterocycles. The molecule has 0 radical (unpaired) electrons. The Kier molecular flexibility index (Phi) is 4.44. The first-order valence-electron chi connectivity index (χ1n) is 5.55. The minimum absolute atomic E-state index is 0.0640. The Morgan fingerprint density at radius 1 is 1.53 bits per heavy atom. The van der Waals surface area contributed by atoms with E-state index in [1.54, 1.807) is 11.9 Å². The van der Waals surface area contributed by atoms with Gasteiger partial charge in [-0.3, -0.25) is 14.5 Å². The molecular weight excluding hydrogens is 224 g/mol. The van der Waals surface area contributed by atoms with E-state index < -0.39 is 11.5 Å². The topological polar surface area (TPSA) is 87.9 Å². The highest BCUT2D eigenvalue weighted by atomic mass is 16.7. The molecule has 7 nitrogen and oxygen atoms in total. The Balaban J connectivity index is 2.54. The van der Waals surface area contributed by atoms with Crippen LogP contribution in [0.15, 0.2) is 0 Å². The highest BCUT2D eigenvalue weighted by Gasteiger charge is 2.40. The van der Waals surface area contributed by atoms with E-state index in [0.29, 0.717) is 13.1 Å². The largest absolute Gasteiger partial charge is 0.356 e. The highest BCUT2D eigenvalue weighted by Crippen LogP contribution is 2.21. The van der Waals surface area contributed by atoms with Gasteiger partial charge in [-0.1, -0.05) is 5.59 Å². The number of amides is 1. The molecule has 0 bridgehead atoms. The summed E-state index contributed by atoms with van der Waals surface area (Å²) in [5, 5.41) is 0. The van der Waals surface area contributed by atoms with E-state index in [9.17, 15) is 9.59 Å². The summed E-state index contributed by atoms with van der Waals surface area (Å²) in [7, 11) is 1.79. The summed E-state index contributed by atoms with van der Waals surface area (Å²) in [6.07, 6.45) is 0.199. The SMILES string of the molecule is CN1CCN(CCC(=O)ONN)C(C)(C)C1=O. The lowest BCUT2D eigenvalue weighted by Crippen LogP contribution is -2.62. The third-order valence-electron chi connectivity index (χ3n) is 3.12. The third-order valence-corrected chi connectivity index (χ3v) is 3.12. The van der Waals surface area contributed by atoms with Gasteiger partial charge in [0.15, 0.2) is 0 Å². The second-order valence-corrected chi connectivity index (χ2v) is 4.61. The van der Waals surface area contributed by atoms with Crippen molar-refractivity contribution in [3.05, 3.63) is 0 Å². The van der Waals surface area contributed by atoms with Crippen LogP contribution in [0.5, 0.6) is 0 Å². The summed E-state index contributed by atoms with van der Waals surface area (Å²) in [6.45, 7) is 5.62. The fourth-order valence-electron chi connectivity index (χ4n) is 1.99. The first-order valence-corrected chi connectivity index (χ1v) is 5.55. The molecule has 7 heteroatoms. The van der Waals surface area contributed by atoms with E-state index in [-0.39, 0.29) is 12.3 Å². The predicted molar refractivity (Wildman–Crippen MR) is 61.3 cm³/mol. The molecule has 1 aliphatic rings. The average Bonchev–Trinajstić information content (AvgIpc) is 2.25. The minimum atomic E-state index is -0.580. The minimum Gasteiger partial charge on any atom is -0.356 e. The Labute approximate surface area is 101 Å². The van der Waals surface area contributed by atoms with Crippen LogP contribution in [-0.4, -0.2) is 53.9 Å². The van der Waals surface area contributed by atoms with Crippen LogP contribution < -0.4 is 11.4 Å². The number of piperazine rings is 1. The van der Waals surface area contributed by atoms with Crippen LogP contribution in [0.3, 0.4) is 0 Å². The van der Waals surface area contributed by atoms with Crippen molar-refractivity contribution in [1.29, 1.82) is 0 Å². The highest BCUT2D eigenvalue weighted by molar-refractivity contribution is 5.86. The van der Waals surface area contributed by atoms with Crippen molar-refractivity contribution in [1.82, 2.24) is 15.4 Å². The normalized spacial score (nSPS) is 20.5. The number of hydrazine groups is 1. The monoisotopic (exact) mass is 244 g/mol. The van der Waals surface area contributed by atoms with Crippen LogP contribution in [0.4, 0.5) is 0 Å². The third kappa shape index (κ3) is 3.15. The first-order chi connectivity index (χ1) is 7.89. The van der Waals surface area contributed by atoms with Gasteiger partial charge in [0.2, 0.25) is 5.91 Å². The van der Waals surface area contributed by atoms with Crippen LogP contribution in [0.1, 0.15) is 20.3 Å². The standard InChI is InChI=1S/C10H20N4O3/c1-10(2)9(16)13(3)6-7-14(10)5-4-8(15)17-12-11/h12H,4-7,11H2,1-3H3. The number of nitrogens with two attached hydrogens (primary N) is 1. The smallest absolute Gasteiger partial charge is 0.327 e. The molecule has 1 aliphatic heterocycles. The molecule has 0 aromatic rings. The van der Waals surface area contributed by atoms with Gasteiger partial charge < -0.3 is 9.74 Å². The second-order valence-electron chi connectivity index (χ2n) is 4.61. The molecular formula is C10H20N4O3. The Morgan fingerprint density at radius 2 is 2.18 bits per heavy atom. The zero-order valence-corrected chi connectivity index (χ0v) is 10.5. The molecule has 1 amide bonds. The lowest BCUT2D eigenvalue weighted by molar-refractivity contribution is -0.155. The van der Waals surface area contributed by atoms with Crippen LogP contribution in [0, 0.1) is 0 Å². The van der Waals surface area contributed by atoms with Gasteiger partial charge in [0, 0.05) is 26.7 Å². The molecule has 1 rings (SSSR count). The summed E-state index contributed by atoms with van der Waals surface area (Å²) >= 11 is 0. The quantitative estimate of drug-likeness (QED) is 0.479. The van der Waals surface area contributed by atoms with Gasteiger partial charge in [-0.15, -0.1) is 0 Å². The van der Waals surface area contributed by atoms with Crippen LogP contribution in [0.2, 0.25) is 0 Å². The van der Waals surface area contributed by atoms with Crippen molar-refractivity contribution in [2.24, 2.45) is 5.84 Å². The van der Waals surface area contributed by atoms with Crippen molar-refractivity contribution in [2.45, 2.75) is 25.8 Å². The summed E-state index contributed by atoms with van der Waals surface area (Å²) in [6, 6.07) is 0. The molecule has 17 heavy (non-hydrogen) atoms. The van der Waals surface area contributed by atoms with Crippen molar-refractivity contribution in [3.8, 4) is 0 Å². The lowest BCUT2D eigenvalue weighted by Gasteiger charge is -2.44. The van der Waals surface area contributed by atoms with Crippen molar-refractivity contribution in [2.75, 3.05) is 26.7 Å². The van der Waals surface area contributed by atoms with Crippen LogP contribution in [0.25, 0.3) is 0 Å². The number of nitrogens with one attached hydrogen (secondary N) is 1. The maximum absolute atomic E-state index is 12.0. The van der Waals surface area contributed by atoms with Crippen LogP contribution >= 0.6 is 0 Å². The zero-order valence-electron chi connectivity index (χ0n) is 10.5. The number of likely N-dealkylation sites (N-methyl/N-ethyl adjacent to an activating group) is 1. The summed E-state index contributed by atoms with van der Waals surface area (Å²) in [5.41, 5.74) is 1.27. The average molecular weight is 244 g/mol. The molecule has 0 aromatic carbocycles. The van der Waals surface area contributed by atoms with E-state index in [2.05, 4.69) is 4.84 Å². The number of hydrogen-bond donors (Lipinski definition) is 2. The van der Waals surface area contributed by atoms with Gasteiger partial charge in [-0.25, -0.2) is 5.84 Å². The van der Waals surface area contributed by atoms with Gasteiger partial charge in [-0.05, 0) is 13.8 Å². The molecule has 98 valence electrons. The number of hydrogen-bond acceptors (Lipinski definition) is 6. The number of rotatable bonds is 4. The second kappa shape index (κ2) is 5.44. The number of nitrogens with zero attached hydrogens (tertiary/aromatic N) is 2. The van der Waals surface area contributed by atoms with Crippen molar-refractivity contribution >= 4 is 11.9 Å². The Morgan fingerprint density at radius 3 is 2.76 bits per heavy atom. The molecule has 1 saturated heterocycles. The maximum atomic E-state index is 12.0. The molecule has 1 heterocycles. The molecule has 3 N–H and O–H groups in total. The molecule has 0 saturated carbocycles. The molecule has 0 unspecified atom stereocenters. The van der Waals surface area contributed by atoms with Gasteiger partial charge in [-0.2, -0.15) is 0 Å². The van der Waals surface area contributed by atoms with E-state index in [0.717, 1.165) is 6.54 Å². The summed E-state index contributed by atoms with van der Waals surface area (Å²) < 4.78 is 0. The first kappa shape index (κ1) is 13.9.